The Labute approximate surface area is 164 Å². The molecule has 0 radical (unpaired) electrons. The zero-order valence-corrected chi connectivity index (χ0v) is 16.0. The lowest BCUT2D eigenvalue weighted by Gasteiger charge is -2.34. The molecular formula is C22H26FN3O2. The molecule has 5 nitrogen and oxygen atoms in total. The highest BCUT2D eigenvalue weighted by Gasteiger charge is 2.30. The summed E-state index contributed by atoms with van der Waals surface area (Å²) < 4.78 is 13.3. The van der Waals surface area contributed by atoms with E-state index in [-0.39, 0.29) is 17.9 Å². The van der Waals surface area contributed by atoms with Crippen LogP contribution in [0.5, 0.6) is 0 Å². The van der Waals surface area contributed by atoms with E-state index in [0.717, 1.165) is 31.4 Å². The summed E-state index contributed by atoms with van der Waals surface area (Å²) in [6.07, 6.45) is 5.61. The van der Waals surface area contributed by atoms with E-state index in [0.29, 0.717) is 23.9 Å². The van der Waals surface area contributed by atoms with Crippen molar-refractivity contribution in [3.05, 3.63) is 65.7 Å². The number of hydrogen-bond acceptors (Lipinski definition) is 3. The number of halogens is 1. The molecule has 0 saturated heterocycles. The average molecular weight is 383 g/mol. The highest BCUT2D eigenvalue weighted by Crippen LogP contribution is 2.36. The van der Waals surface area contributed by atoms with Crippen LogP contribution in [0, 0.1) is 17.7 Å². The van der Waals surface area contributed by atoms with Crippen LogP contribution in [0.1, 0.15) is 54.7 Å². The molecule has 2 N–H and O–H groups in total. The zero-order chi connectivity index (χ0) is 19.9. The summed E-state index contributed by atoms with van der Waals surface area (Å²) in [7, 11) is 0. The SMILES string of the molecule is CC(=O)N[C@H](c1ccccn1)C1CCC(CNC(=O)c2cccc(F)c2)CC1. The van der Waals surface area contributed by atoms with Gasteiger partial charge in [0, 0.05) is 25.2 Å². The normalized spacial score (nSPS) is 20.2. The molecule has 0 aliphatic heterocycles. The van der Waals surface area contributed by atoms with Crippen molar-refractivity contribution in [3.63, 3.8) is 0 Å². The minimum atomic E-state index is -0.410. The summed E-state index contributed by atoms with van der Waals surface area (Å²) >= 11 is 0. The standard InChI is InChI=1S/C22H26FN3O2/c1-15(27)26-21(20-7-2-3-12-24-20)17-10-8-16(9-11-17)14-25-22(28)18-5-4-6-19(23)13-18/h2-7,12-13,16-17,21H,8-11,14H2,1H3,(H,25,28)(H,26,27)/t16?,17?,21-/m0/s1. The molecule has 1 saturated carbocycles. The largest absolute Gasteiger partial charge is 0.352 e. The fourth-order valence-corrected chi connectivity index (χ4v) is 3.91. The van der Waals surface area contributed by atoms with Gasteiger partial charge in [0.15, 0.2) is 0 Å². The number of nitrogens with one attached hydrogen (secondary N) is 2. The topological polar surface area (TPSA) is 71.1 Å². The molecule has 1 aromatic carbocycles. The minimum Gasteiger partial charge on any atom is -0.352 e. The molecule has 1 atom stereocenters. The molecule has 1 aliphatic carbocycles. The third-order valence-corrected chi connectivity index (χ3v) is 5.37. The molecule has 1 aromatic heterocycles. The van der Waals surface area contributed by atoms with Gasteiger partial charge < -0.3 is 10.6 Å². The van der Waals surface area contributed by atoms with Gasteiger partial charge in [-0.25, -0.2) is 4.39 Å². The van der Waals surface area contributed by atoms with Crippen molar-refractivity contribution in [1.29, 1.82) is 0 Å². The maximum atomic E-state index is 13.3. The predicted octanol–water partition coefficient (Wildman–Crippen LogP) is 3.63. The van der Waals surface area contributed by atoms with E-state index in [1.54, 1.807) is 12.3 Å². The monoisotopic (exact) mass is 383 g/mol. The molecule has 0 spiro atoms. The van der Waals surface area contributed by atoms with Gasteiger partial charge >= 0.3 is 0 Å². The van der Waals surface area contributed by atoms with Crippen molar-refractivity contribution in [2.45, 2.75) is 38.6 Å². The van der Waals surface area contributed by atoms with Crippen LogP contribution < -0.4 is 10.6 Å². The van der Waals surface area contributed by atoms with Crippen LogP contribution in [0.3, 0.4) is 0 Å². The Kier molecular flexibility index (Phi) is 6.74. The maximum Gasteiger partial charge on any atom is 0.251 e. The molecule has 0 unspecified atom stereocenters. The molecule has 28 heavy (non-hydrogen) atoms. The van der Waals surface area contributed by atoms with Gasteiger partial charge in [-0.05, 0) is 67.9 Å². The van der Waals surface area contributed by atoms with Crippen molar-refractivity contribution in [3.8, 4) is 0 Å². The lowest BCUT2D eigenvalue weighted by Crippen LogP contribution is -2.36. The molecule has 1 aliphatic rings. The fraction of sp³-hybridized carbons (Fsp3) is 0.409. The van der Waals surface area contributed by atoms with Crippen LogP contribution in [-0.4, -0.2) is 23.3 Å². The Morgan fingerprint density at radius 2 is 1.93 bits per heavy atom. The van der Waals surface area contributed by atoms with Crippen molar-refractivity contribution in [2.24, 2.45) is 11.8 Å². The molecule has 2 amide bonds. The number of amides is 2. The first kappa shape index (κ1) is 20.0. The lowest BCUT2D eigenvalue weighted by atomic mass is 9.77. The average Bonchev–Trinajstić information content (AvgIpc) is 2.71. The third kappa shape index (κ3) is 5.38. The number of aromatic nitrogens is 1. The lowest BCUT2D eigenvalue weighted by molar-refractivity contribution is -0.120. The number of pyridine rings is 1. The number of carbonyl (C=O) groups is 2. The number of rotatable bonds is 6. The Balaban J connectivity index is 1.53. The van der Waals surface area contributed by atoms with Gasteiger partial charge in [-0.15, -0.1) is 0 Å². The highest BCUT2D eigenvalue weighted by atomic mass is 19.1. The molecule has 2 aromatic rings. The zero-order valence-electron chi connectivity index (χ0n) is 16.0. The van der Waals surface area contributed by atoms with Gasteiger partial charge in [0.1, 0.15) is 5.82 Å². The van der Waals surface area contributed by atoms with Crippen molar-refractivity contribution in [1.82, 2.24) is 15.6 Å². The summed E-state index contributed by atoms with van der Waals surface area (Å²) in [4.78, 5) is 28.3. The first-order valence-electron chi connectivity index (χ1n) is 9.74. The van der Waals surface area contributed by atoms with Crippen molar-refractivity contribution >= 4 is 11.8 Å². The molecule has 1 fully saturated rings. The van der Waals surface area contributed by atoms with Crippen LogP contribution in [-0.2, 0) is 4.79 Å². The molecule has 148 valence electrons. The Morgan fingerprint density at radius 1 is 1.14 bits per heavy atom. The first-order valence-corrected chi connectivity index (χ1v) is 9.74. The first-order chi connectivity index (χ1) is 13.5. The van der Waals surface area contributed by atoms with Crippen LogP contribution >= 0.6 is 0 Å². The van der Waals surface area contributed by atoms with Crippen molar-refractivity contribution in [2.75, 3.05) is 6.54 Å². The third-order valence-electron chi connectivity index (χ3n) is 5.37. The number of hydrogen-bond donors (Lipinski definition) is 2. The van der Waals surface area contributed by atoms with E-state index < -0.39 is 5.82 Å². The molecule has 6 heteroatoms. The van der Waals surface area contributed by atoms with E-state index in [1.165, 1.54) is 25.1 Å². The summed E-state index contributed by atoms with van der Waals surface area (Å²) in [5.41, 5.74) is 1.23. The number of nitrogens with zero attached hydrogens (tertiary/aromatic N) is 1. The van der Waals surface area contributed by atoms with Crippen LogP contribution in [0.2, 0.25) is 0 Å². The molecule has 0 bridgehead atoms. The molecular weight excluding hydrogens is 357 g/mol. The van der Waals surface area contributed by atoms with Gasteiger partial charge in [0.2, 0.25) is 5.91 Å². The summed E-state index contributed by atoms with van der Waals surface area (Å²) in [6.45, 7) is 2.11. The second-order valence-corrected chi connectivity index (χ2v) is 7.43. The van der Waals surface area contributed by atoms with Crippen LogP contribution in [0.25, 0.3) is 0 Å². The quantitative estimate of drug-likeness (QED) is 0.800. The van der Waals surface area contributed by atoms with E-state index in [9.17, 15) is 14.0 Å². The van der Waals surface area contributed by atoms with E-state index in [2.05, 4.69) is 15.6 Å². The smallest absolute Gasteiger partial charge is 0.251 e. The summed E-state index contributed by atoms with van der Waals surface area (Å²) in [5, 5.41) is 5.97. The number of carbonyl (C=O) groups excluding carboxylic acids is 2. The Bertz CT molecular complexity index is 804. The van der Waals surface area contributed by atoms with Crippen LogP contribution in [0.4, 0.5) is 4.39 Å². The second kappa shape index (κ2) is 9.44. The Morgan fingerprint density at radius 3 is 2.57 bits per heavy atom. The molecule has 1 heterocycles. The summed E-state index contributed by atoms with van der Waals surface area (Å²) in [6, 6.07) is 11.4. The minimum absolute atomic E-state index is 0.0554. The van der Waals surface area contributed by atoms with Crippen LogP contribution in [0.15, 0.2) is 48.7 Å². The van der Waals surface area contributed by atoms with Crippen molar-refractivity contribution < 1.29 is 14.0 Å². The van der Waals surface area contributed by atoms with E-state index in [4.69, 9.17) is 0 Å². The van der Waals surface area contributed by atoms with Gasteiger partial charge in [0.25, 0.3) is 5.91 Å². The predicted molar refractivity (Wildman–Crippen MR) is 105 cm³/mol. The number of benzene rings is 1. The van der Waals surface area contributed by atoms with Gasteiger partial charge in [-0.1, -0.05) is 12.1 Å². The highest BCUT2D eigenvalue weighted by molar-refractivity contribution is 5.94. The summed E-state index contributed by atoms with van der Waals surface area (Å²) in [5.74, 6) is 0.00231. The second-order valence-electron chi connectivity index (χ2n) is 7.43. The van der Waals surface area contributed by atoms with E-state index >= 15 is 0 Å². The maximum absolute atomic E-state index is 13.3. The fourth-order valence-electron chi connectivity index (χ4n) is 3.91. The van der Waals surface area contributed by atoms with Gasteiger partial charge in [-0.3, -0.25) is 14.6 Å². The van der Waals surface area contributed by atoms with Gasteiger partial charge in [-0.2, -0.15) is 0 Å². The van der Waals surface area contributed by atoms with E-state index in [1.807, 2.05) is 18.2 Å². The molecule has 3 rings (SSSR count). The Hall–Kier alpha value is -2.76. The van der Waals surface area contributed by atoms with Gasteiger partial charge in [0.05, 0.1) is 11.7 Å².